The normalized spacial score (nSPS) is 26.3. The number of hydrogen-bond acceptors (Lipinski definition) is 3. The minimum absolute atomic E-state index is 0.0695. The Labute approximate surface area is 103 Å². The molecule has 0 aliphatic heterocycles. The van der Waals surface area contributed by atoms with Gasteiger partial charge in [0.2, 0.25) is 0 Å². The van der Waals surface area contributed by atoms with Gasteiger partial charge in [-0.05, 0) is 45.6 Å². The minimum atomic E-state index is -0.0695. The summed E-state index contributed by atoms with van der Waals surface area (Å²) in [5.74, 6) is 0.633. The summed E-state index contributed by atoms with van der Waals surface area (Å²) in [6.45, 7) is 6.17. The maximum Gasteiger partial charge on any atom is 0.0543 e. The van der Waals surface area contributed by atoms with E-state index in [-0.39, 0.29) is 6.10 Å². The first-order chi connectivity index (χ1) is 8.19. The van der Waals surface area contributed by atoms with Gasteiger partial charge in [0.25, 0.3) is 0 Å². The molecule has 0 radical (unpaired) electrons. The van der Waals surface area contributed by atoms with Crippen molar-refractivity contribution in [3.63, 3.8) is 0 Å². The largest absolute Gasteiger partial charge is 0.393 e. The quantitative estimate of drug-likeness (QED) is 0.819. The van der Waals surface area contributed by atoms with Gasteiger partial charge in [0.15, 0.2) is 0 Å². The molecule has 2 rings (SSSR count). The molecule has 1 saturated carbocycles. The van der Waals surface area contributed by atoms with Gasteiger partial charge in [0, 0.05) is 24.3 Å². The Kier molecular flexibility index (Phi) is 4.18. The molecule has 0 amide bonds. The number of aliphatic hydroxyl groups excluding tert-OH is 1. The SMILES string of the molecule is CCn1cc(C(C)NCC2CCC(O)C2)cn1. The number of rotatable bonds is 5. The lowest BCUT2D eigenvalue weighted by Gasteiger charge is -2.15. The van der Waals surface area contributed by atoms with Gasteiger partial charge < -0.3 is 10.4 Å². The standard InChI is InChI=1S/C13H23N3O/c1-3-16-9-12(8-15-16)10(2)14-7-11-4-5-13(17)6-11/h8-11,13-14,17H,3-7H2,1-2H3. The second kappa shape index (κ2) is 5.65. The minimum Gasteiger partial charge on any atom is -0.393 e. The summed E-state index contributed by atoms with van der Waals surface area (Å²) in [5.41, 5.74) is 1.24. The van der Waals surface area contributed by atoms with E-state index in [0.717, 1.165) is 32.4 Å². The van der Waals surface area contributed by atoms with Crippen LogP contribution in [-0.2, 0) is 6.54 Å². The van der Waals surface area contributed by atoms with Crippen LogP contribution in [0.15, 0.2) is 12.4 Å². The molecule has 2 N–H and O–H groups in total. The molecule has 4 nitrogen and oxygen atoms in total. The van der Waals surface area contributed by atoms with E-state index in [1.165, 1.54) is 5.56 Å². The molecule has 1 fully saturated rings. The predicted molar refractivity (Wildman–Crippen MR) is 67.7 cm³/mol. The molecule has 1 heterocycles. The number of nitrogens with one attached hydrogen (secondary N) is 1. The topological polar surface area (TPSA) is 50.1 Å². The van der Waals surface area contributed by atoms with E-state index in [2.05, 4.69) is 30.5 Å². The average Bonchev–Trinajstić information content (AvgIpc) is 2.94. The Morgan fingerprint density at radius 1 is 1.59 bits per heavy atom. The van der Waals surface area contributed by atoms with Crippen LogP contribution in [0.5, 0.6) is 0 Å². The molecule has 1 aliphatic rings. The lowest BCUT2D eigenvalue weighted by atomic mass is 10.1. The number of aliphatic hydroxyl groups is 1. The van der Waals surface area contributed by atoms with E-state index < -0.39 is 0 Å². The molecule has 96 valence electrons. The van der Waals surface area contributed by atoms with Gasteiger partial charge in [0.05, 0.1) is 12.3 Å². The average molecular weight is 237 g/mol. The fraction of sp³-hybridized carbons (Fsp3) is 0.769. The summed E-state index contributed by atoms with van der Waals surface area (Å²) in [6.07, 6.45) is 7.03. The van der Waals surface area contributed by atoms with E-state index in [9.17, 15) is 5.11 Å². The molecule has 0 bridgehead atoms. The van der Waals surface area contributed by atoms with Gasteiger partial charge in [-0.15, -0.1) is 0 Å². The first-order valence-electron chi connectivity index (χ1n) is 6.62. The van der Waals surface area contributed by atoms with Crippen LogP contribution < -0.4 is 5.32 Å². The fourth-order valence-electron chi connectivity index (χ4n) is 2.47. The number of aryl methyl sites for hydroxylation is 1. The van der Waals surface area contributed by atoms with Crippen LogP contribution in [0.1, 0.15) is 44.7 Å². The zero-order chi connectivity index (χ0) is 12.3. The highest BCUT2D eigenvalue weighted by Gasteiger charge is 2.22. The highest BCUT2D eigenvalue weighted by molar-refractivity contribution is 5.09. The van der Waals surface area contributed by atoms with E-state index in [1.807, 2.05) is 10.9 Å². The van der Waals surface area contributed by atoms with Gasteiger partial charge in [0.1, 0.15) is 0 Å². The molecular formula is C13H23N3O. The van der Waals surface area contributed by atoms with Crippen LogP contribution in [0, 0.1) is 5.92 Å². The first-order valence-corrected chi connectivity index (χ1v) is 6.62. The van der Waals surface area contributed by atoms with Crippen molar-refractivity contribution in [1.82, 2.24) is 15.1 Å². The van der Waals surface area contributed by atoms with Crippen molar-refractivity contribution < 1.29 is 5.11 Å². The molecule has 3 unspecified atom stereocenters. The molecule has 0 spiro atoms. The van der Waals surface area contributed by atoms with Gasteiger partial charge in [-0.1, -0.05) is 0 Å². The molecule has 4 heteroatoms. The monoisotopic (exact) mass is 237 g/mol. The van der Waals surface area contributed by atoms with E-state index in [1.54, 1.807) is 0 Å². The van der Waals surface area contributed by atoms with E-state index in [4.69, 9.17) is 0 Å². The first kappa shape index (κ1) is 12.6. The smallest absolute Gasteiger partial charge is 0.0543 e. The van der Waals surface area contributed by atoms with Crippen molar-refractivity contribution in [2.24, 2.45) is 5.92 Å². The Hall–Kier alpha value is -0.870. The van der Waals surface area contributed by atoms with Crippen LogP contribution in [-0.4, -0.2) is 27.5 Å². The molecule has 0 aromatic carbocycles. The molecule has 1 aliphatic carbocycles. The molecular weight excluding hydrogens is 214 g/mol. The van der Waals surface area contributed by atoms with Gasteiger partial charge in [-0.2, -0.15) is 5.10 Å². The third-order valence-electron chi connectivity index (χ3n) is 3.70. The number of hydrogen-bond donors (Lipinski definition) is 2. The van der Waals surface area contributed by atoms with Gasteiger partial charge in [-0.3, -0.25) is 4.68 Å². The number of aromatic nitrogens is 2. The third-order valence-corrected chi connectivity index (χ3v) is 3.70. The summed E-state index contributed by atoms with van der Waals surface area (Å²) in [7, 11) is 0. The van der Waals surface area contributed by atoms with Crippen LogP contribution >= 0.6 is 0 Å². The lowest BCUT2D eigenvalue weighted by Crippen LogP contribution is -2.24. The predicted octanol–water partition coefficient (Wildman–Crippen LogP) is 1.71. The molecule has 1 aromatic heterocycles. The van der Waals surface area contributed by atoms with Crippen molar-refractivity contribution >= 4 is 0 Å². The highest BCUT2D eigenvalue weighted by atomic mass is 16.3. The van der Waals surface area contributed by atoms with Crippen molar-refractivity contribution in [2.45, 2.75) is 51.8 Å². The van der Waals surface area contributed by atoms with Gasteiger partial charge in [-0.25, -0.2) is 0 Å². The Bertz CT molecular complexity index is 350. The Balaban J connectivity index is 1.78. The maximum absolute atomic E-state index is 9.48. The summed E-state index contributed by atoms with van der Waals surface area (Å²) in [6, 6.07) is 0.341. The summed E-state index contributed by atoms with van der Waals surface area (Å²) < 4.78 is 1.95. The van der Waals surface area contributed by atoms with E-state index >= 15 is 0 Å². The molecule has 17 heavy (non-hydrogen) atoms. The van der Waals surface area contributed by atoms with Crippen LogP contribution in [0.2, 0.25) is 0 Å². The van der Waals surface area contributed by atoms with Crippen molar-refractivity contribution in [1.29, 1.82) is 0 Å². The fourth-order valence-corrected chi connectivity index (χ4v) is 2.47. The molecule has 1 aromatic rings. The zero-order valence-electron chi connectivity index (χ0n) is 10.8. The lowest BCUT2D eigenvalue weighted by molar-refractivity contribution is 0.177. The van der Waals surface area contributed by atoms with Crippen LogP contribution in [0.3, 0.4) is 0 Å². The second-order valence-electron chi connectivity index (χ2n) is 5.09. The zero-order valence-corrected chi connectivity index (χ0v) is 10.8. The highest BCUT2D eigenvalue weighted by Crippen LogP contribution is 2.25. The third kappa shape index (κ3) is 3.30. The molecule has 3 atom stereocenters. The van der Waals surface area contributed by atoms with Crippen molar-refractivity contribution in [2.75, 3.05) is 6.54 Å². The molecule has 0 saturated heterocycles. The van der Waals surface area contributed by atoms with Gasteiger partial charge >= 0.3 is 0 Å². The summed E-state index contributed by atoms with van der Waals surface area (Å²) >= 11 is 0. The van der Waals surface area contributed by atoms with E-state index in [0.29, 0.717) is 12.0 Å². The number of nitrogens with zero attached hydrogens (tertiary/aromatic N) is 2. The van der Waals surface area contributed by atoms with Crippen molar-refractivity contribution in [3.05, 3.63) is 18.0 Å². The second-order valence-corrected chi connectivity index (χ2v) is 5.09. The van der Waals surface area contributed by atoms with Crippen molar-refractivity contribution in [3.8, 4) is 0 Å². The maximum atomic E-state index is 9.48. The Morgan fingerprint density at radius 2 is 2.41 bits per heavy atom. The Morgan fingerprint density at radius 3 is 3.00 bits per heavy atom. The van der Waals surface area contributed by atoms with Crippen LogP contribution in [0.4, 0.5) is 0 Å². The van der Waals surface area contributed by atoms with Crippen LogP contribution in [0.25, 0.3) is 0 Å². The summed E-state index contributed by atoms with van der Waals surface area (Å²) in [5, 5.41) is 17.3. The summed E-state index contributed by atoms with van der Waals surface area (Å²) in [4.78, 5) is 0.